The second kappa shape index (κ2) is 12.4. The van der Waals surface area contributed by atoms with Crippen LogP contribution >= 0.6 is 0 Å². The summed E-state index contributed by atoms with van der Waals surface area (Å²) in [5.41, 5.74) is 11.4. The Balaban J connectivity index is 2.85. The topological polar surface area (TPSA) is 222 Å². The largest absolute Gasteiger partial charge is 0.480 e. The third-order valence-corrected chi connectivity index (χ3v) is 4.68. The summed E-state index contributed by atoms with van der Waals surface area (Å²) in [6.45, 7) is 4.91. The number of aliphatic carboxylic acids is 1. The lowest BCUT2D eigenvalue weighted by atomic mass is 10.0. The van der Waals surface area contributed by atoms with Crippen LogP contribution in [-0.2, 0) is 30.4 Å². The van der Waals surface area contributed by atoms with Crippen LogP contribution in [-0.4, -0.2) is 68.8 Å². The molecular weight excluding hydrogens is 422 g/mol. The fraction of sp³-hybridized carbons (Fsp3) is 0.579. The molecule has 0 aliphatic heterocycles. The molecule has 4 amide bonds. The monoisotopic (exact) mass is 453 g/mol. The van der Waals surface area contributed by atoms with E-state index >= 15 is 0 Å². The van der Waals surface area contributed by atoms with E-state index in [1.54, 1.807) is 13.8 Å². The lowest BCUT2D eigenvalue weighted by molar-refractivity contribution is -0.142. The van der Waals surface area contributed by atoms with Crippen molar-refractivity contribution < 1.29 is 29.1 Å². The molecule has 13 heteroatoms. The smallest absolute Gasteiger partial charge is 0.326 e. The second-order valence-electron chi connectivity index (χ2n) is 7.75. The van der Waals surface area contributed by atoms with Gasteiger partial charge in [0.15, 0.2) is 0 Å². The molecule has 1 rings (SSSR count). The average molecular weight is 454 g/mol. The fourth-order valence-electron chi connectivity index (χ4n) is 2.62. The number of nitrogens with one attached hydrogen (secondary N) is 4. The predicted molar refractivity (Wildman–Crippen MR) is 113 cm³/mol. The van der Waals surface area contributed by atoms with Crippen LogP contribution < -0.4 is 27.4 Å². The first-order valence-electron chi connectivity index (χ1n) is 10.1. The number of carboxylic acid groups (broad SMARTS) is 1. The van der Waals surface area contributed by atoms with Gasteiger partial charge in [-0.2, -0.15) is 0 Å². The highest BCUT2D eigenvalue weighted by Gasteiger charge is 2.29. The number of hydrogen-bond acceptors (Lipinski definition) is 7. The summed E-state index contributed by atoms with van der Waals surface area (Å²) in [6.07, 6.45) is 2.33. The van der Waals surface area contributed by atoms with Gasteiger partial charge in [0.05, 0.1) is 12.4 Å². The molecule has 0 aromatic carbocycles. The highest BCUT2D eigenvalue weighted by molar-refractivity contribution is 5.94. The highest BCUT2D eigenvalue weighted by atomic mass is 16.4. The van der Waals surface area contributed by atoms with E-state index < -0.39 is 53.8 Å². The first-order valence-corrected chi connectivity index (χ1v) is 10.1. The maximum Gasteiger partial charge on any atom is 0.326 e. The molecule has 1 heterocycles. The fourth-order valence-corrected chi connectivity index (χ4v) is 2.62. The zero-order chi connectivity index (χ0) is 24.4. The number of nitrogens with zero attached hydrogens (tertiary/aromatic N) is 1. The maximum absolute atomic E-state index is 12.7. The van der Waals surface area contributed by atoms with E-state index in [0.717, 1.165) is 0 Å². The van der Waals surface area contributed by atoms with Crippen molar-refractivity contribution in [3.8, 4) is 0 Å². The van der Waals surface area contributed by atoms with Gasteiger partial charge in [-0.1, -0.05) is 13.8 Å². The van der Waals surface area contributed by atoms with Crippen LogP contribution in [0.3, 0.4) is 0 Å². The number of aromatic amines is 1. The van der Waals surface area contributed by atoms with Crippen molar-refractivity contribution in [2.24, 2.45) is 17.4 Å². The zero-order valence-electron chi connectivity index (χ0n) is 18.3. The molecule has 0 radical (unpaired) electrons. The van der Waals surface area contributed by atoms with Crippen LogP contribution in [0.15, 0.2) is 12.5 Å². The summed E-state index contributed by atoms with van der Waals surface area (Å²) in [7, 11) is 0. The Labute approximate surface area is 185 Å². The van der Waals surface area contributed by atoms with Gasteiger partial charge in [0.25, 0.3) is 0 Å². The van der Waals surface area contributed by atoms with E-state index in [0.29, 0.717) is 5.69 Å². The molecule has 4 atom stereocenters. The minimum Gasteiger partial charge on any atom is -0.480 e. The van der Waals surface area contributed by atoms with Gasteiger partial charge in [0.1, 0.15) is 18.1 Å². The van der Waals surface area contributed by atoms with E-state index in [2.05, 4.69) is 25.9 Å². The Bertz CT molecular complexity index is 811. The maximum atomic E-state index is 12.7. The van der Waals surface area contributed by atoms with Gasteiger partial charge in [-0.15, -0.1) is 0 Å². The number of carbonyl (C=O) groups excluding carboxylic acids is 4. The third-order valence-electron chi connectivity index (χ3n) is 4.68. The van der Waals surface area contributed by atoms with Crippen LogP contribution in [0.25, 0.3) is 0 Å². The van der Waals surface area contributed by atoms with E-state index in [1.807, 2.05) is 0 Å². The molecule has 9 N–H and O–H groups in total. The van der Waals surface area contributed by atoms with Crippen molar-refractivity contribution in [3.05, 3.63) is 18.2 Å². The normalized spacial score (nSPS) is 14.7. The molecule has 0 saturated heterocycles. The number of carbonyl (C=O) groups is 5. The van der Waals surface area contributed by atoms with Gasteiger partial charge in [0, 0.05) is 24.7 Å². The van der Waals surface area contributed by atoms with Crippen molar-refractivity contribution in [2.75, 3.05) is 0 Å². The summed E-state index contributed by atoms with van der Waals surface area (Å²) in [6, 6.07) is -4.41. The number of aromatic nitrogens is 2. The molecule has 4 unspecified atom stereocenters. The molecule has 0 aliphatic rings. The number of nitrogens with two attached hydrogens (primary N) is 2. The number of amides is 4. The molecule has 0 spiro atoms. The average Bonchev–Trinajstić information content (AvgIpc) is 3.22. The van der Waals surface area contributed by atoms with Crippen molar-refractivity contribution in [1.29, 1.82) is 0 Å². The van der Waals surface area contributed by atoms with Crippen LogP contribution in [0.2, 0.25) is 0 Å². The summed E-state index contributed by atoms with van der Waals surface area (Å²) in [5, 5.41) is 16.6. The number of imidazole rings is 1. The predicted octanol–water partition coefficient (Wildman–Crippen LogP) is -2.24. The second-order valence-corrected chi connectivity index (χ2v) is 7.75. The first-order chi connectivity index (χ1) is 14.9. The van der Waals surface area contributed by atoms with Gasteiger partial charge in [-0.25, -0.2) is 9.78 Å². The lowest BCUT2D eigenvalue weighted by Crippen LogP contribution is -2.57. The Morgan fingerprint density at radius 1 is 1.03 bits per heavy atom. The van der Waals surface area contributed by atoms with Crippen LogP contribution in [0.4, 0.5) is 0 Å². The number of carboxylic acids is 1. The molecule has 0 bridgehead atoms. The Morgan fingerprint density at radius 2 is 1.66 bits per heavy atom. The lowest BCUT2D eigenvalue weighted by Gasteiger charge is -2.24. The quantitative estimate of drug-likeness (QED) is 0.172. The van der Waals surface area contributed by atoms with Crippen molar-refractivity contribution in [2.45, 2.75) is 64.2 Å². The summed E-state index contributed by atoms with van der Waals surface area (Å²) >= 11 is 0. The van der Waals surface area contributed by atoms with E-state index in [4.69, 9.17) is 11.5 Å². The SMILES string of the molecule is CC(NC(=O)C(N)C(C)C)C(=O)NC(CCC(N)=O)C(=O)NC(Cc1cnc[nH]1)C(=O)O. The summed E-state index contributed by atoms with van der Waals surface area (Å²) in [4.78, 5) is 66.5. The Morgan fingerprint density at radius 3 is 2.16 bits per heavy atom. The molecule has 0 saturated carbocycles. The third kappa shape index (κ3) is 8.71. The van der Waals surface area contributed by atoms with Gasteiger partial charge < -0.3 is 37.5 Å². The number of hydrogen-bond donors (Lipinski definition) is 7. The van der Waals surface area contributed by atoms with Crippen molar-refractivity contribution >= 4 is 29.6 Å². The molecule has 0 fully saturated rings. The van der Waals surface area contributed by atoms with Gasteiger partial charge in [0.2, 0.25) is 23.6 Å². The van der Waals surface area contributed by atoms with Crippen molar-refractivity contribution in [1.82, 2.24) is 25.9 Å². The van der Waals surface area contributed by atoms with Crippen LogP contribution in [0.1, 0.15) is 39.3 Å². The van der Waals surface area contributed by atoms with E-state index in [1.165, 1.54) is 19.4 Å². The standard InChI is InChI=1S/C19H31N7O6/c1-9(2)15(21)18(30)24-10(3)16(28)25-12(4-5-14(20)27)17(29)26-13(19(31)32)6-11-7-22-8-23-11/h7-10,12-13,15H,4-6,21H2,1-3H3,(H2,20,27)(H,22,23)(H,24,30)(H,25,28)(H,26,29)(H,31,32). The molecule has 1 aromatic rings. The van der Waals surface area contributed by atoms with Crippen molar-refractivity contribution in [3.63, 3.8) is 0 Å². The summed E-state index contributed by atoms with van der Waals surface area (Å²) < 4.78 is 0. The molecular formula is C19H31N7O6. The van der Waals surface area contributed by atoms with Gasteiger partial charge in [-0.3, -0.25) is 19.2 Å². The van der Waals surface area contributed by atoms with Gasteiger partial charge in [-0.05, 0) is 19.3 Å². The molecule has 32 heavy (non-hydrogen) atoms. The molecule has 178 valence electrons. The molecule has 13 nitrogen and oxygen atoms in total. The zero-order valence-corrected chi connectivity index (χ0v) is 18.3. The van der Waals surface area contributed by atoms with Gasteiger partial charge >= 0.3 is 5.97 Å². The minimum atomic E-state index is -1.31. The highest BCUT2D eigenvalue weighted by Crippen LogP contribution is 2.04. The van der Waals surface area contributed by atoms with E-state index in [9.17, 15) is 29.1 Å². The minimum absolute atomic E-state index is 0.0723. The van der Waals surface area contributed by atoms with E-state index in [-0.39, 0.29) is 25.2 Å². The Kier molecular flexibility index (Phi) is 10.3. The number of rotatable bonds is 13. The number of primary amides is 1. The number of H-pyrrole nitrogens is 1. The molecule has 0 aliphatic carbocycles. The first kappa shape index (κ1) is 26.6. The molecule has 1 aromatic heterocycles. The van der Waals surface area contributed by atoms with Crippen LogP contribution in [0.5, 0.6) is 0 Å². The Hall–Kier alpha value is -3.48. The van der Waals surface area contributed by atoms with Crippen LogP contribution in [0, 0.1) is 5.92 Å². The summed E-state index contributed by atoms with van der Waals surface area (Å²) in [5.74, 6) is -4.21.